The zero-order valence-electron chi connectivity index (χ0n) is 18.7. The molecule has 6 heteroatoms. The van der Waals surface area contributed by atoms with Crippen LogP contribution in [0.2, 0.25) is 0 Å². The Balaban J connectivity index is 1.57. The summed E-state index contributed by atoms with van der Waals surface area (Å²) in [5.41, 5.74) is 2.24. The van der Waals surface area contributed by atoms with Gasteiger partial charge in [-0.3, -0.25) is 9.59 Å². The van der Waals surface area contributed by atoms with Crippen molar-refractivity contribution >= 4 is 23.2 Å². The van der Waals surface area contributed by atoms with Crippen LogP contribution < -0.4 is 20.1 Å². The van der Waals surface area contributed by atoms with E-state index < -0.39 is 0 Å². The summed E-state index contributed by atoms with van der Waals surface area (Å²) in [6.07, 6.45) is 0.175. The molecular formula is C26H28N2O4. The molecule has 0 aromatic heterocycles. The van der Waals surface area contributed by atoms with Crippen LogP contribution in [0.3, 0.4) is 0 Å². The molecule has 3 rings (SSSR count). The Morgan fingerprint density at radius 3 is 1.16 bits per heavy atom. The number of anilines is 2. The van der Waals surface area contributed by atoms with Gasteiger partial charge in [-0.15, -0.1) is 0 Å². The molecule has 3 aromatic rings. The van der Waals surface area contributed by atoms with E-state index in [1.165, 1.54) is 0 Å². The van der Waals surface area contributed by atoms with E-state index in [0.29, 0.717) is 22.5 Å². The van der Waals surface area contributed by atoms with Gasteiger partial charge in [0, 0.05) is 22.5 Å². The summed E-state index contributed by atoms with van der Waals surface area (Å²) in [4.78, 5) is 25.0. The molecule has 2 N–H and O–H groups in total. The molecule has 0 saturated heterocycles. The molecule has 0 heterocycles. The number of nitrogens with one attached hydrogen (secondary N) is 2. The van der Waals surface area contributed by atoms with Gasteiger partial charge >= 0.3 is 0 Å². The number of hydrogen-bond acceptors (Lipinski definition) is 4. The van der Waals surface area contributed by atoms with Gasteiger partial charge in [0.2, 0.25) is 0 Å². The third-order valence-electron chi connectivity index (χ3n) is 4.38. The lowest BCUT2D eigenvalue weighted by Crippen LogP contribution is -2.14. The Kier molecular flexibility index (Phi) is 7.49. The number of hydrogen-bond donors (Lipinski definition) is 2. The van der Waals surface area contributed by atoms with E-state index in [4.69, 9.17) is 9.47 Å². The molecule has 166 valence electrons. The highest BCUT2D eigenvalue weighted by Gasteiger charge is 2.10. The summed E-state index contributed by atoms with van der Waals surface area (Å²) < 4.78 is 11.2. The van der Waals surface area contributed by atoms with Crippen LogP contribution in [0.1, 0.15) is 48.4 Å². The Morgan fingerprint density at radius 2 is 0.875 bits per heavy atom. The predicted molar refractivity (Wildman–Crippen MR) is 127 cm³/mol. The van der Waals surface area contributed by atoms with Crippen molar-refractivity contribution in [3.63, 3.8) is 0 Å². The quantitative estimate of drug-likeness (QED) is 0.474. The molecule has 0 unspecified atom stereocenters. The van der Waals surface area contributed by atoms with Gasteiger partial charge in [-0.05, 0) is 100 Å². The van der Waals surface area contributed by atoms with Crippen molar-refractivity contribution in [1.82, 2.24) is 0 Å². The van der Waals surface area contributed by atoms with Crippen LogP contribution in [-0.4, -0.2) is 24.0 Å². The van der Waals surface area contributed by atoms with Gasteiger partial charge < -0.3 is 20.1 Å². The van der Waals surface area contributed by atoms with Crippen LogP contribution in [0.15, 0.2) is 72.8 Å². The van der Waals surface area contributed by atoms with Crippen LogP contribution >= 0.6 is 0 Å². The summed E-state index contributed by atoms with van der Waals surface area (Å²) in [7, 11) is 0. The standard InChI is InChI=1S/C26H28N2O4/c1-17(2)31-23-13-9-21(10-14-23)27-25(29)19-5-7-20(8-6-19)26(30)28-22-11-15-24(16-12-22)32-18(3)4/h5-18H,1-4H3,(H,27,29)(H,28,30). The summed E-state index contributed by atoms with van der Waals surface area (Å²) >= 11 is 0. The normalized spacial score (nSPS) is 10.7. The Hall–Kier alpha value is -3.80. The molecule has 0 atom stereocenters. The second-order valence-corrected chi connectivity index (χ2v) is 7.87. The van der Waals surface area contributed by atoms with Crippen molar-refractivity contribution in [3.8, 4) is 11.5 Å². The number of benzene rings is 3. The van der Waals surface area contributed by atoms with Crippen LogP contribution in [0.5, 0.6) is 11.5 Å². The third kappa shape index (κ3) is 6.60. The Morgan fingerprint density at radius 1 is 0.562 bits per heavy atom. The lowest BCUT2D eigenvalue weighted by Gasteiger charge is -2.11. The highest BCUT2D eigenvalue weighted by molar-refractivity contribution is 6.07. The zero-order chi connectivity index (χ0) is 23.1. The topological polar surface area (TPSA) is 76.7 Å². The number of ether oxygens (including phenoxy) is 2. The van der Waals surface area contributed by atoms with Crippen LogP contribution in [-0.2, 0) is 0 Å². The average molecular weight is 433 g/mol. The van der Waals surface area contributed by atoms with Crippen LogP contribution in [0.4, 0.5) is 11.4 Å². The largest absolute Gasteiger partial charge is 0.491 e. The molecule has 0 aliphatic carbocycles. The van der Waals surface area contributed by atoms with Gasteiger partial charge in [0.25, 0.3) is 11.8 Å². The minimum Gasteiger partial charge on any atom is -0.491 e. The van der Waals surface area contributed by atoms with Gasteiger partial charge in [-0.2, -0.15) is 0 Å². The van der Waals surface area contributed by atoms with Crippen molar-refractivity contribution in [2.45, 2.75) is 39.9 Å². The molecule has 2 amide bonds. The average Bonchev–Trinajstić information content (AvgIpc) is 2.76. The SMILES string of the molecule is CC(C)Oc1ccc(NC(=O)c2ccc(C(=O)Nc3ccc(OC(C)C)cc3)cc2)cc1. The van der Waals surface area contributed by atoms with E-state index >= 15 is 0 Å². The van der Waals surface area contributed by atoms with Crippen LogP contribution in [0.25, 0.3) is 0 Å². The van der Waals surface area contributed by atoms with Crippen LogP contribution in [0, 0.1) is 0 Å². The summed E-state index contributed by atoms with van der Waals surface area (Å²) in [5.74, 6) is 0.983. The van der Waals surface area contributed by atoms with Gasteiger partial charge in [-0.1, -0.05) is 0 Å². The maximum Gasteiger partial charge on any atom is 0.255 e. The molecule has 0 radical (unpaired) electrons. The summed E-state index contributed by atoms with van der Waals surface area (Å²) in [5, 5.41) is 5.68. The van der Waals surface area contributed by atoms with Crippen molar-refractivity contribution in [2.24, 2.45) is 0 Å². The number of rotatable bonds is 8. The van der Waals surface area contributed by atoms with Gasteiger partial charge in [0.05, 0.1) is 12.2 Å². The van der Waals surface area contributed by atoms with Crippen molar-refractivity contribution in [1.29, 1.82) is 0 Å². The minimum atomic E-state index is -0.254. The smallest absolute Gasteiger partial charge is 0.255 e. The van der Waals surface area contributed by atoms with Crippen molar-refractivity contribution in [2.75, 3.05) is 10.6 Å². The van der Waals surface area contributed by atoms with E-state index in [-0.39, 0.29) is 24.0 Å². The molecule has 0 fully saturated rings. The first-order chi connectivity index (χ1) is 15.3. The number of amides is 2. The van der Waals surface area contributed by atoms with E-state index in [9.17, 15) is 9.59 Å². The van der Waals surface area contributed by atoms with Gasteiger partial charge in [-0.25, -0.2) is 0 Å². The monoisotopic (exact) mass is 432 g/mol. The van der Waals surface area contributed by atoms with Crippen molar-refractivity contribution < 1.29 is 19.1 Å². The van der Waals surface area contributed by atoms with E-state index in [2.05, 4.69) is 10.6 Å². The molecular weight excluding hydrogens is 404 g/mol. The Labute approximate surface area is 188 Å². The Bertz CT molecular complexity index is 954. The molecule has 0 saturated carbocycles. The first kappa shape index (κ1) is 22.9. The molecule has 0 bridgehead atoms. The second kappa shape index (κ2) is 10.5. The highest BCUT2D eigenvalue weighted by Crippen LogP contribution is 2.19. The molecule has 32 heavy (non-hydrogen) atoms. The second-order valence-electron chi connectivity index (χ2n) is 7.87. The first-order valence-corrected chi connectivity index (χ1v) is 10.6. The number of carbonyl (C=O) groups excluding carboxylic acids is 2. The lowest BCUT2D eigenvalue weighted by atomic mass is 10.1. The lowest BCUT2D eigenvalue weighted by molar-refractivity contribution is 0.101. The number of carbonyl (C=O) groups is 2. The minimum absolute atomic E-state index is 0.0874. The molecule has 0 aliphatic rings. The first-order valence-electron chi connectivity index (χ1n) is 10.6. The molecule has 6 nitrogen and oxygen atoms in total. The van der Waals surface area contributed by atoms with Crippen molar-refractivity contribution in [3.05, 3.63) is 83.9 Å². The zero-order valence-corrected chi connectivity index (χ0v) is 18.7. The fourth-order valence-electron chi connectivity index (χ4n) is 2.96. The van der Waals surface area contributed by atoms with Gasteiger partial charge in [0.1, 0.15) is 11.5 Å². The fourth-order valence-corrected chi connectivity index (χ4v) is 2.96. The summed E-state index contributed by atoms with van der Waals surface area (Å²) in [6.45, 7) is 7.83. The van der Waals surface area contributed by atoms with Gasteiger partial charge in [0.15, 0.2) is 0 Å². The maximum atomic E-state index is 12.5. The maximum absolute atomic E-state index is 12.5. The fraction of sp³-hybridized carbons (Fsp3) is 0.231. The molecule has 0 spiro atoms. The highest BCUT2D eigenvalue weighted by atomic mass is 16.5. The predicted octanol–water partition coefficient (Wildman–Crippen LogP) is 5.77. The van der Waals surface area contributed by atoms with E-state index in [1.807, 2.05) is 52.0 Å². The molecule has 0 aliphatic heterocycles. The molecule has 3 aromatic carbocycles. The summed E-state index contributed by atoms with van der Waals surface area (Å²) in [6, 6.07) is 20.9. The third-order valence-corrected chi connectivity index (χ3v) is 4.38. The van der Waals surface area contributed by atoms with E-state index in [0.717, 1.165) is 11.5 Å². The van der Waals surface area contributed by atoms with E-state index in [1.54, 1.807) is 48.5 Å².